The molecule has 1 aliphatic heterocycles. The van der Waals surface area contributed by atoms with Crippen molar-refractivity contribution in [1.29, 1.82) is 0 Å². The Morgan fingerprint density at radius 2 is 2.31 bits per heavy atom. The van der Waals surface area contributed by atoms with Crippen LogP contribution in [0.3, 0.4) is 0 Å². The molecule has 1 saturated heterocycles. The maximum Gasteiger partial charge on any atom is 0.388 e. The number of alkyl halides is 2. The number of aromatic nitrogens is 2. The van der Waals surface area contributed by atoms with Gasteiger partial charge in [-0.25, -0.2) is 0 Å². The first-order chi connectivity index (χ1) is 7.75. The van der Waals surface area contributed by atoms with Gasteiger partial charge < -0.3 is 14.8 Å². The summed E-state index contributed by atoms with van der Waals surface area (Å²) in [5.74, 6) is -0.185. The minimum absolute atomic E-state index is 0.0400. The maximum atomic E-state index is 11.9. The second kappa shape index (κ2) is 5.13. The Hall–Kier alpha value is -1.34. The Kier molecular flexibility index (Phi) is 3.58. The molecule has 1 aromatic rings. The zero-order valence-corrected chi connectivity index (χ0v) is 8.40. The average molecular weight is 231 g/mol. The number of ether oxygens (including phenoxy) is 2. The standard InChI is InChI=1S/C9H11F2N3O2/c10-9(11)16-8-2-1-6(13-14-8)7-5-15-4-3-12-7/h1-2,7,9,12H,3-5H2. The van der Waals surface area contributed by atoms with E-state index in [0.29, 0.717) is 18.9 Å². The highest BCUT2D eigenvalue weighted by Gasteiger charge is 2.17. The van der Waals surface area contributed by atoms with Gasteiger partial charge >= 0.3 is 6.61 Å². The summed E-state index contributed by atoms with van der Waals surface area (Å²) >= 11 is 0. The number of nitrogens with zero attached hydrogens (tertiary/aromatic N) is 2. The van der Waals surface area contributed by atoms with Gasteiger partial charge in [0.15, 0.2) is 0 Å². The molecule has 0 aliphatic carbocycles. The third kappa shape index (κ3) is 2.83. The molecule has 88 valence electrons. The summed E-state index contributed by atoms with van der Waals surface area (Å²) in [5, 5.41) is 10.5. The van der Waals surface area contributed by atoms with Crippen LogP contribution in [0.15, 0.2) is 12.1 Å². The van der Waals surface area contributed by atoms with Crippen molar-refractivity contribution in [2.75, 3.05) is 19.8 Å². The van der Waals surface area contributed by atoms with E-state index in [2.05, 4.69) is 20.3 Å². The quantitative estimate of drug-likeness (QED) is 0.831. The van der Waals surface area contributed by atoms with E-state index in [9.17, 15) is 8.78 Å². The highest BCUT2D eigenvalue weighted by atomic mass is 19.3. The van der Waals surface area contributed by atoms with Crippen molar-refractivity contribution in [1.82, 2.24) is 15.5 Å². The van der Waals surface area contributed by atoms with Gasteiger partial charge in [0.2, 0.25) is 5.88 Å². The van der Waals surface area contributed by atoms with E-state index in [1.165, 1.54) is 6.07 Å². The number of halogens is 2. The first-order valence-electron chi connectivity index (χ1n) is 4.85. The van der Waals surface area contributed by atoms with Gasteiger partial charge in [-0.2, -0.15) is 13.9 Å². The zero-order valence-electron chi connectivity index (χ0n) is 8.40. The summed E-state index contributed by atoms with van der Waals surface area (Å²) in [6.45, 7) is -0.974. The molecule has 1 N–H and O–H groups in total. The fraction of sp³-hybridized carbons (Fsp3) is 0.556. The molecule has 1 fully saturated rings. The second-order valence-corrected chi connectivity index (χ2v) is 3.26. The van der Waals surface area contributed by atoms with E-state index in [4.69, 9.17) is 4.74 Å². The lowest BCUT2D eigenvalue weighted by atomic mass is 10.2. The molecule has 0 aromatic carbocycles. The minimum atomic E-state index is -2.88. The summed E-state index contributed by atoms with van der Waals surface area (Å²) < 4.78 is 33.1. The molecular weight excluding hydrogens is 220 g/mol. The van der Waals surface area contributed by atoms with Crippen molar-refractivity contribution >= 4 is 0 Å². The van der Waals surface area contributed by atoms with Crippen LogP contribution in [0, 0.1) is 0 Å². The van der Waals surface area contributed by atoms with Crippen molar-refractivity contribution in [3.05, 3.63) is 17.8 Å². The molecule has 16 heavy (non-hydrogen) atoms. The van der Waals surface area contributed by atoms with Gasteiger partial charge in [0.1, 0.15) is 0 Å². The Balaban J connectivity index is 2.00. The van der Waals surface area contributed by atoms with E-state index in [0.717, 1.165) is 6.54 Å². The predicted octanol–water partition coefficient (Wildman–Crippen LogP) is 0.739. The van der Waals surface area contributed by atoms with Gasteiger partial charge in [-0.1, -0.05) is 0 Å². The van der Waals surface area contributed by atoms with Crippen LogP contribution in [0.5, 0.6) is 5.88 Å². The monoisotopic (exact) mass is 231 g/mol. The van der Waals surface area contributed by atoms with Crippen LogP contribution in [0.4, 0.5) is 8.78 Å². The minimum Gasteiger partial charge on any atom is -0.415 e. The van der Waals surface area contributed by atoms with E-state index >= 15 is 0 Å². The van der Waals surface area contributed by atoms with Crippen LogP contribution in [-0.4, -0.2) is 36.6 Å². The highest BCUT2D eigenvalue weighted by molar-refractivity contribution is 5.14. The average Bonchev–Trinajstić information content (AvgIpc) is 2.30. The smallest absolute Gasteiger partial charge is 0.388 e. The van der Waals surface area contributed by atoms with Crippen LogP contribution in [0.25, 0.3) is 0 Å². The fourth-order valence-electron chi connectivity index (χ4n) is 1.43. The molecule has 0 amide bonds. The number of hydrogen-bond donors (Lipinski definition) is 1. The van der Waals surface area contributed by atoms with Gasteiger partial charge in [0.25, 0.3) is 0 Å². The van der Waals surface area contributed by atoms with Crippen LogP contribution < -0.4 is 10.1 Å². The predicted molar refractivity (Wildman–Crippen MR) is 50.2 cm³/mol. The van der Waals surface area contributed by atoms with Gasteiger partial charge in [0.05, 0.1) is 24.9 Å². The molecule has 1 aromatic heterocycles. The summed E-state index contributed by atoms with van der Waals surface area (Å²) in [6.07, 6.45) is 0. The number of morpholine rings is 1. The molecule has 5 nitrogen and oxygen atoms in total. The van der Waals surface area contributed by atoms with Gasteiger partial charge in [-0.15, -0.1) is 5.10 Å². The summed E-state index contributed by atoms with van der Waals surface area (Å²) in [5.41, 5.74) is 0.654. The molecular formula is C9H11F2N3O2. The molecule has 2 heterocycles. The van der Waals surface area contributed by atoms with Crippen molar-refractivity contribution in [3.8, 4) is 5.88 Å². The Morgan fingerprint density at radius 3 is 2.88 bits per heavy atom. The molecule has 7 heteroatoms. The van der Waals surface area contributed by atoms with Crippen LogP contribution >= 0.6 is 0 Å². The third-order valence-corrected chi connectivity index (χ3v) is 2.15. The van der Waals surface area contributed by atoms with E-state index in [1.807, 2.05) is 0 Å². The van der Waals surface area contributed by atoms with Crippen LogP contribution in [0.2, 0.25) is 0 Å². The van der Waals surface area contributed by atoms with Crippen molar-refractivity contribution in [2.24, 2.45) is 0 Å². The third-order valence-electron chi connectivity index (χ3n) is 2.15. The Bertz CT molecular complexity index is 328. The zero-order chi connectivity index (χ0) is 11.4. The molecule has 1 unspecified atom stereocenters. The van der Waals surface area contributed by atoms with Crippen LogP contribution in [-0.2, 0) is 4.74 Å². The second-order valence-electron chi connectivity index (χ2n) is 3.26. The number of nitrogens with one attached hydrogen (secondary N) is 1. The van der Waals surface area contributed by atoms with Crippen molar-refractivity contribution in [2.45, 2.75) is 12.7 Å². The molecule has 1 atom stereocenters. The molecule has 0 saturated carbocycles. The lowest BCUT2D eigenvalue weighted by Gasteiger charge is -2.22. The van der Waals surface area contributed by atoms with E-state index < -0.39 is 6.61 Å². The number of rotatable bonds is 3. The SMILES string of the molecule is FC(F)Oc1ccc(C2COCCN2)nn1. The lowest BCUT2D eigenvalue weighted by Crippen LogP contribution is -2.35. The van der Waals surface area contributed by atoms with E-state index in [1.54, 1.807) is 6.07 Å². The lowest BCUT2D eigenvalue weighted by molar-refractivity contribution is -0.0535. The fourth-order valence-corrected chi connectivity index (χ4v) is 1.43. The van der Waals surface area contributed by atoms with Crippen molar-refractivity contribution in [3.63, 3.8) is 0 Å². The van der Waals surface area contributed by atoms with Gasteiger partial charge in [-0.3, -0.25) is 0 Å². The largest absolute Gasteiger partial charge is 0.415 e. The molecule has 2 rings (SSSR count). The highest BCUT2D eigenvalue weighted by Crippen LogP contribution is 2.15. The molecule has 0 radical (unpaired) electrons. The van der Waals surface area contributed by atoms with Crippen molar-refractivity contribution < 1.29 is 18.3 Å². The van der Waals surface area contributed by atoms with Crippen LogP contribution in [0.1, 0.15) is 11.7 Å². The molecule has 0 bridgehead atoms. The summed E-state index contributed by atoms with van der Waals surface area (Å²) in [6, 6.07) is 2.92. The molecule has 1 aliphatic rings. The Labute approximate surface area is 90.8 Å². The first-order valence-corrected chi connectivity index (χ1v) is 4.85. The Morgan fingerprint density at radius 1 is 1.44 bits per heavy atom. The topological polar surface area (TPSA) is 56.3 Å². The summed E-state index contributed by atoms with van der Waals surface area (Å²) in [7, 11) is 0. The van der Waals surface area contributed by atoms with Gasteiger partial charge in [0, 0.05) is 12.6 Å². The first kappa shape index (κ1) is 11.2. The number of hydrogen-bond acceptors (Lipinski definition) is 5. The molecule has 0 spiro atoms. The summed E-state index contributed by atoms with van der Waals surface area (Å²) in [4.78, 5) is 0. The maximum absolute atomic E-state index is 11.9. The van der Waals surface area contributed by atoms with E-state index in [-0.39, 0.29) is 11.9 Å². The normalized spacial score (nSPS) is 21.1. The van der Waals surface area contributed by atoms with Gasteiger partial charge in [-0.05, 0) is 6.07 Å².